The van der Waals surface area contributed by atoms with Crippen LogP contribution in [0.2, 0.25) is 0 Å². The lowest BCUT2D eigenvalue weighted by molar-refractivity contribution is 0.0303. The first kappa shape index (κ1) is 10.4. The monoisotopic (exact) mass is 197 g/mol. The molecule has 2 nitrogen and oxygen atoms in total. The van der Waals surface area contributed by atoms with Gasteiger partial charge in [-0.1, -0.05) is 0 Å². The second-order valence-electron chi connectivity index (χ2n) is 5.61. The summed E-state index contributed by atoms with van der Waals surface area (Å²) in [4.78, 5) is 2.69. The SMILES string of the molecule is CC1(C)CCC(CCO)CN1C1CC1. The zero-order valence-corrected chi connectivity index (χ0v) is 9.50. The van der Waals surface area contributed by atoms with Gasteiger partial charge in [-0.25, -0.2) is 0 Å². The molecule has 1 saturated heterocycles. The summed E-state index contributed by atoms with van der Waals surface area (Å²) in [6, 6.07) is 0.867. The van der Waals surface area contributed by atoms with Gasteiger partial charge in [-0.2, -0.15) is 0 Å². The molecule has 1 aliphatic heterocycles. The standard InChI is InChI=1S/C12H23NO/c1-12(2)7-5-10(6-8-14)9-13(12)11-3-4-11/h10-11,14H,3-9H2,1-2H3. The molecule has 0 amide bonds. The van der Waals surface area contributed by atoms with Crippen LogP contribution in [0.5, 0.6) is 0 Å². The van der Waals surface area contributed by atoms with E-state index in [9.17, 15) is 0 Å². The highest BCUT2D eigenvalue weighted by Gasteiger charge is 2.41. The molecular weight excluding hydrogens is 174 g/mol. The van der Waals surface area contributed by atoms with E-state index >= 15 is 0 Å². The fourth-order valence-corrected chi connectivity index (χ4v) is 2.77. The van der Waals surface area contributed by atoms with Gasteiger partial charge in [0.05, 0.1) is 0 Å². The second kappa shape index (κ2) is 3.82. The summed E-state index contributed by atoms with van der Waals surface area (Å²) in [5.74, 6) is 0.744. The van der Waals surface area contributed by atoms with Crippen LogP contribution in [0.3, 0.4) is 0 Å². The van der Waals surface area contributed by atoms with Crippen molar-refractivity contribution >= 4 is 0 Å². The van der Waals surface area contributed by atoms with E-state index in [1.165, 1.54) is 32.2 Å². The van der Waals surface area contributed by atoms with E-state index in [1.54, 1.807) is 0 Å². The molecule has 1 N–H and O–H groups in total. The van der Waals surface area contributed by atoms with Crippen LogP contribution in [0.15, 0.2) is 0 Å². The molecule has 1 saturated carbocycles. The molecule has 2 aliphatic rings. The average molecular weight is 197 g/mol. The molecular formula is C12H23NO. The number of likely N-dealkylation sites (tertiary alicyclic amines) is 1. The molecule has 0 bridgehead atoms. The average Bonchev–Trinajstić information content (AvgIpc) is 2.91. The fourth-order valence-electron chi connectivity index (χ4n) is 2.77. The third-order valence-corrected chi connectivity index (χ3v) is 3.92. The van der Waals surface area contributed by atoms with E-state index in [4.69, 9.17) is 5.11 Å². The van der Waals surface area contributed by atoms with E-state index in [0.717, 1.165) is 18.4 Å². The van der Waals surface area contributed by atoms with E-state index < -0.39 is 0 Å². The first-order valence-corrected chi connectivity index (χ1v) is 6.01. The van der Waals surface area contributed by atoms with Crippen LogP contribution in [0.25, 0.3) is 0 Å². The molecule has 82 valence electrons. The van der Waals surface area contributed by atoms with Crippen molar-refractivity contribution in [3.63, 3.8) is 0 Å². The second-order valence-corrected chi connectivity index (χ2v) is 5.61. The molecule has 0 aromatic heterocycles. The number of piperidine rings is 1. The maximum absolute atomic E-state index is 8.97. The van der Waals surface area contributed by atoms with Gasteiger partial charge in [0.15, 0.2) is 0 Å². The Bertz CT molecular complexity index is 198. The van der Waals surface area contributed by atoms with Crippen molar-refractivity contribution < 1.29 is 5.11 Å². The summed E-state index contributed by atoms with van der Waals surface area (Å²) in [6.45, 7) is 6.34. The molecule has 0 aromatic rings. The van der Waals surface area contributed by atoms with E-state index in [2.05, 4.69) is 18.7 Å². The van der Waals surface area contributed by atoms with E-state index in [1.807, 2.05) is 0 Å². The number of nitrogens with zero attached hydrogens (tertiary/aromatic N) is 1. The van der Waals surface area contributed by atoms with Crippen LogP contribution in [0.4, 0.5) is 0 Å². The van der Waals surface area contributed by atoms with Gasteiger partial charge in [0.1, 0.15) is 0 Å². The minimum absolute atomic E-state index is 0.365. The molecule has 0 aromatic carbocycles. The predicted molar refractivity (Wildman–Crippen MR) is 58.2 cm³/mol. The smallest absolute Gasteiger partial charge is 0.0434 e. The van der Waals surface area contributed by atoms with Crippen molar-refractivity contribution in [2.24, 2.45) is 5.92 Å². The molecule has 1 heterocycles. The van der Waals surface area contributed by atoms with Crippen molar-refractivity contribution in [3.05, 3.63) is 0 Å². The third-order valence-electron chi connectivity index (χ3n) is 3.92. The van der Waals surface area contributed by atoms with Crippen LogP contribution >= 0.6 is 0 Å². The largest absolute Gasteiger partial charge is 0.396 e. The predicted octanol–water partition coefficient (Wildman–Crippen LogP) is 2.02. The Hall–Kier alpha value is -0.0800. The Morgan fingerprint density at radius 1 is 1.29 bits per heavy atom. The van der Waals surface area contributed by atoms with Crippen LogP contribution in [-0.4, -0.2) is 34.7 Å². The van der Waals surface area contributed by atoms with Crippen LogP contribution in [-0.2, 0) is 0 Å². The molecule has 1 aliphatic carbocycles. The molecule has 14 heavy (non-hydrogen) atoms. The Kier molecular flexibility index (Phi) is 2.85. The number of rotatable bonds is 3. The van der Waals surface area contributed by atoms with Gasteiger partial charge in [0.2, 0.25) is 0 Å². The first-order valence-electron chi connectivity index (χ1n) is 6.01. The summed E-state index contributed by atoms with van der Waals surface area (Å²) in [7, 11) is 0. The van der Waals surface area contributed by atoms with Crippen LogP contribution < -0.4 is 0 Å². The van der Waals surface area contributed by atoms with Gasteiger partial charge in [-0.05, 0) is 51.9 Å². The molecule has 0 spiro atoms. The van der Waals surface area contributed by atoms with E-state index in [0.29, 0.717) is 12.1 Å². The number of hydrogen-bond donors (Lipinski definition) is 1. The van der Waals surface area contributed by atoms with Crippen molar-refractivity contribution in [2.75, 3.05) is 13.2 Å². The number of hydrogen-bond acceptors (Lipinski definition) is 2. The first-order chi connectivity index (χ1) is 6.63. The zero-order valence-electron chi connectivity index (χ0n) is 9.50. The van der Waals surface area contributed by atoms with Crippen LogP contribution in [0, 0.1) is 5.92 Å². The molecule has 2 heteroatoms. The highest BCUT2D eigenvalue weighted by molar-refractivity contribution is 4.97. The van der Waals surface area contributed by atoms with Gasteiger partial charge >= 0.3 is 0 Å². The summed E-state index contributed by atoms with van der Waals surface area (Å²) in [6.07, 6.45) is 6.40. The van der Waals surface area contributed by atoms with Gasteiger partial charge < -0.3 is 5.11 Å². The summed E-state index contributed by atoms with van der Waals surface area (Å²) < 4.78 is 0. The third kappa shape index (κ3) is 2.12. The fraction of sp³-hybridized carbons (Fsp3) is 1.00. The summed E-state index contributed by atoms with van der Waals surface area (Å²) in [5.41, 5.74) is 0.410. The molecule has 2 rings (SSSR count). The molecule has 2 fully saturated rings. The summed E-state index contributed by atoms with van der Waals surface area (Å²) >= 11 is 0. The Balaban J connectivity index is 1.95. The highest BCUT2D eigenvalue weighted by atomic mass is 16.3. The Morgan fingerprint density at radius 2 is 2.00 bits per heavy atom. The lowest BCUT2D eigenvalue weighted by atomic mass is 9.83. The molecule has 1 unspecified atom stereocenters. The van der Waals surface area contributed by atoms with Crippen molar-refractivity contribution in [1.29, 1.82) is 0 Å². The minimum atomic E-state index is 0.365. The normalized spacial score (nSPS) is 33.2. The lowest BCUT2D eigenvalue weighted by Gasteiger charge is -2.46. The maximum Gasteiger partial charge on any atom is 0.0434 e. The Morgan fingerprint density at radius 3 is 2.57 bits per heavy atom. The maximum atomic E-state index is 8.97. The quantitative estimate of drug-likeness (QED) is 0.748. The highest BCUT2D eigenvalue weighted by Crippen LogP contribution is 2.40. The molecule has 1 atom stereocenters. The number of aliphatic hydroxyl groups excluding tert-OH is 1. The zero-order chi connectivity index (χ0) is 10.2. The van der Waals surface area contributed by atoms with Gasteiger partial charge in [0, 0.05) is 24.7 Å². The van der Waals surface area contributed by atoms with Gasteiger partial charge in [-0.15, -0.1) is 0 Å². The molecule has 0 radical (unpaired) electrons. The van der Waals surface area contributed by atoms with Gasteiger partial charge in [-0.3, -0.25) is 4.90 Å². The van der Waals surface area contributed by atoms with Crippen molar-refractivity contribution in [3.8, 4) is 0 Å². The van der Waals surface area contributed by atoms with Crippen LogP contribution in [0.1, 0.15) is 46.0 Å². The lowest BCUT2D eigenvalue weighted by Crippen LogP contribution is -2.51. The van der Waals surface area contributed by atoms with Gasteiger partial charge in [0.25, 0.3) is 0 Å². The number of aliphatic hydroxyl groups is 1. The van der Waals surface area contributed by atoms with Crippen molar-refractivity contribution in [1.82, 2.24) is 4.90 Å². The van der Waals surface area contributed by atoms with Crippen molar-refractivity contribution in [2.45, 2.75) is 57.5 Å². The Labute approximate surface area is 87.3 Å². The minimum Gasteiger partial charge on any atom is -0.396 e. The summed E-state index contributed by atoms with van der Waals surface area (Å²) in [5, 5.41) is 8.97. The topological polar surface area (TPSA) is 23.5 Å². The van der Waals surface area contributed by atoms with E-state index in [-0.39, 0.29) is 0 Å².